The second-order valence-corrected chi connectivity index (χ2v) is 6.89. The van der Waals surface area contributed by atoms with Crippen LogP contribution in [0.2, 0.25) is 0 Å². The third kappa shape index (κ3) is 5.84. The predicted octanol–water partition coefficient (Wildman–Crippen LogP) is 2.61. The number of ether oxygens (including phenoxy) is 3. The maximum Gasteiger partial charge on any atom is 0.227 e. The zero-order valence-corrected chi connectivity index (χ0v) is 16.9. The van der Waals surface area contributed by atoms with Crippen LogP contribution in [0, 0.1) is 5.82 Å². The minimum atomic E-state index is -0.445. The van der Waals surface area contributed by atoms with Gasteiger partial charge in [0.2, 0.25) is 5.91 Å². The molecule has 29 heavy (non-hydrogen) atoms. The summed E-state index contributed by atoms with van der Waals surface area (Å²) in [4.78, 5) is 16.6. The SMILES string of the molecule is COc1ccc(OCCN2CCN(C(=O)Cc3ccc(OC)c(F)c3)CC2)cc1. The number of rotatable bonds is 8. The van der Waals surface area contributed by atoms with E-state index in [1.165, 1.54) is 13.2 Å². The van der Waals surface area contributed by atoms with Gasteiger partial charge in [-0.15, -0.1) is 0 Å². The molecule has 6 nitrogen and oxygen atoms in total. The van der Waals surface area contributed by atoms with Crippen LogP contribution in [0.25, 0.3) is 0 Å². The van der Waals surface area contributed by atoms with Crippen molar-refractivity contribution in [1.29, 1.82) is 0 Å². The third-order valence-electron chi connectivity index (χ3n) is 5.03. The number of halogens is 1. The Morgan fingerprint density at radius 2 is 1.66 bits per heavy atom. The highest BCUT2D eigenvalue weighted by atomic mass is 19.1. The Labute approximate surface area is 170 Å². The van der Waals surface area contributed by atoms with Crippen LogP contribution < -0.4 is 14.2 Å². The molecule has 2 aromatic rings. The molecule has 1 saturated heterocycles. The van der Waals surface area contributed by atoms with Crippen LogP contribution in [0.3, 0.4) is 0 Å². The zero-order chi connectivity index (χ0) is 20.6. The molecule has 0 bridgehead atoms. The molecule has 1 amide bonds. The van der Waals surface area contributed by atoms with Crippen LogP contribution in [0.4, 0.5) is 4.39 Å². The first kappa shape index (κ1) is 20.9. The Morgan fingerprint density at radius 1 is 0.966 bits per heavy atom. The van der Waals surface area contributed by atoms with Crippen molar-refractivity contribution in [2.24, 2.45) is 0 Å². The summed E-state index contributed by atoms with van der Waals surface area (Å²) < 4.78 is 29.6. The highest BCUT2D eigenvalue weighted by molar-refractivity contribution is 5.79. The van der Waals surface area contributed by atoms with E-state index in [9.17, 15) is 9.18 Å². The average molecular weight is 402 g/mol. The lowest BCUT2D eigenvalue weighted by atomic mass is 10.1. The van der Waals surface area contributed by atoms with Crippen molar-refractivity contribution in [2.75, 3.05) is 53.6 Å². The van der Waals surface area contributed by atoms with Gasteiger partial charge in [-0.1, -0.05) is 6.07 Å². The first-order chi connectivity index (χ1) is 14.1. The highest BCUT2D eigenvalue weighted by Crippen LogP contribution is 2.19. The van der Waals surface area contributed by atoms with E-state index in [2.05, 4.69) is 4.90 Å². The lowest BCUT2D eigenvalue weighted by Gasteiger charge is -2.34. The molecule has 0 radical (unpaired) electrons. The van der Waals surface area contributed by atoms with Gasteiger partial charge < -0.3 is 19.1 Å². The summed E-state index contributed by atoms with van der Waals surface area (Å²) in [7, 11) is 3.06. The summed E-state index contributed by atoms with van der Waals surface area (Å²) in [5, 5.41) is 0. The van der Waals surface area contributed by atoms with Crippen LogP contribution >= 0.6 is 0 Å². The minimum Gasteiger partial charge on any atom is -0.497 e. The Bertz CT molecular complexity index is 805. The largest absolute Gasteiger partial charge is 0.497 e. The molecule has 3 rings (SSSR count). The van der Waals surface area contributed by atoms with Crippen LogP contribution in [0.1, 0.15) is 5.56 Å². The second-order valence-electron chi connectivity index (χ2n) is 6.89. The number of amides is 1. The van der Waals surface area contributed by atoms with Gasteiger partial charge in [0.25, 0.3) is 0 Å². The Hall–Kier alpha value is -2.80. The van der Waals surface area contributed by atoms with E-state index in [0.29, 0.717) is 25.3 Å². The Morgan fingerprint density at radius 3 is 2.28 bits per heavy atom. The van der Waals surface area contributed by atoms with Crippen molar-refractivity contribution >= 4 is 5.91 Å². The van der Waals surface area contributed by atoms with Gasteiger partial charge in [0.15, 0.2) is 11.6 Å². The highest BCUT2D eigenvalue weighted by Gasteiger charge is 2.21. The van der Waals surface area contributed by atoms with Gasteiger partial charge in [0.05, 0.1) is 20.6 Å². The molecule has 0 aromatic heterocycles. The molecule has 0 atom stereocenters. The fraction of sp³-hybridized carbons (Fsp3) is 0.409. The molecule has 1 fully saturated rings. The van der Waals surface area contributed by atoms with Crippen LogP contribution in [-0.4, -0.2) is 69.3 Å². The van der Waals surface area contributed by atoms with E-state index in [1.54, 1.807) is 19.2 Å². The van der Waals surface area contributed by atoms with E-state index in [0.717, 1.165) is 31.1 Å². The van der Waals surface area contributed by atoms with Gasteiger partial charge in [0.1, 0.15) is 18.1 Å². The fourth-order valence-corrected chi connectivity index (χ4v) is 3.29. The van der Waals surface area contributed by atoms with Gasteiger partial charge in [-0.3, -0.25) is 9.69 Å². The van der Waals surface area contributed by atoms with Crippen molar-refractivity contribution in [3.05, 3.63) is 53.8 Å². The van der Waals surface area contributed by atoms with Gasteiger partial charge >= 0.3 is 0 Å². The Kier molecular flexibility index (Phi) is 7.30. The van der Waals surface area contributed by atoms with Crippen molar-refractivity contribution in [2.45, 2.75) is 6.42 Å². The average Bonchev–Trinajstić information content (AvgIpc) is 2.75. The molecule has 0 N–H and O–H groups in total. The Balaban J connectivity index is 1.39. The number of carbonyl (C=O) groups is 1. The monoisotopic (exact) mass is 402 g/mol. The molecular weight excluding hydrogens is 375 g/mol. The van der Waals surface area contributed by atoms with Crippen LogP contribution in [0.15, 0.2) is 42.5 Å². The molecule has 0 aliphatic carbocycles. The summed E-state index contributed by atoms with van der Waals surface area (Å²) in [6.45, 7) is 4.33. The minimum absolute atomic E-state index is 0.0173. The molecular formula is C22H27FN2O4. The number of benzene rings is 2. The number of piperazine rings is 1. The smallest absolute Gasteiger partial charge is 0.227 e. The zero-order valence-electron chi connectivity index (χ0n) is 16.9. The maximum absolute atomic E-state index is 13.8. The third-order valence-corrected chi connectivity index (χ3v) is 5.03. The molecule has 1 aliphatic rings. The van der Waals surface area contributed by atoms with E-state index in [4.69, 9.17) is 14.2 Å². The molecule has 0 unspecified atom stereocenters. The fourth-order valence-electron chi connectivity index (χ4n) is 3.29. The standard InChI is InChI=1S/C22H27FN2O4/c1-27-18-4-6-19(7-5-18)29-14-13-24-9-11-25(12-10-24)22(26)16-17-3-8-21(28-2)20(23)15-17/h3-8,15H,9-14,16H2,1-2H3. The number of hydrogen-bond donors (Lipinski definition) is 0. The molecule has 1 aliphatic heterocycles. The van der Waals surface area contributed by atoms with Crippen LogP contribution in [0.5, 0.6) is 17.2 Å². The van der Waals surface area contributed by atoms with E-state index in [-0.39, 0.29) is 18.1 Å². The number of carbonyl (C=O) groups excluding carboxylic acids is 1. The van der Waals surface area contributed by atoms with E-state index in [1.807, 2.05) is 29.2 Å². The predicted molar refractivity (Wildman–Crippen MR) is 108 cm³/mol. The topological polar surface area (TPSA) is 51.2 Å². The van der Waals surface area contributed by atoms with Crippen molar-refractivity contribution < 1.29 is 23.4 Å². The summed E-state index contributed by atoms with van der Waals surface area (Å²) in [6.07, 6.45) is 0.196. The summed E-state index contributed by atoms with van der Waals surface area (Å²) in [5.41, 5.74) is 0.656. The summed E-state index contributed by atoms with van der Waals surface area (Å²) in [6, 6.07) is 12.2. The normalized spacial score (nSPS) is 14.5. The first-order valence-electron chi connectivity index (χ1n) is 9.68. The molecule has 2 aromatic carbocycles. The summed E-state index contributed by atoms with van der Waals surface area (Å²) in [5.74, 6) is 1.37. The number of methoxy groups -OCH3 is 2. The van der Waals surface area contributed by atoms with E-state index >= 15 is 0 Å². The first-order valence-corrected chi connectivity index (χ1v) is 9.68. The van der Waals surface area contributed by atoms with Crippen molar-refractivity contribution in [3.8, 4) is 17.2 Å². The van der Waals surface area contributed by atoms with Crippen LogP contribution in [-0.2, 0) is 11.2 Å². The van der Waals surface area contributed by atoms with E-state index < -0.39 is 5.82 Å². The summed E-state index contributed by atoms with van der Waals surface area (Å²) >= 11 is 0. The van der Waals surface area contributed by atoms with Gasteiger partial charge in [-0.05, 0) is 42.0 Å². The lowest BCUT2D eigenvalue weighted by molar-refractivity contribution is -0.132. The van der Waals surface area contributed by atoms with Crippen molar-refractivity contribution in [3.63, 3.8) is 0 Å². The second kappa shape index (κ2) is 10.1. The lowest BCUT2D eigenvalue weighted by Crippen LogP contribution is -2.49. The molecule has 7 heteroatoms. The quantitative estimate of drug-likeness (QED) is 0.680. The molecule has 1 heterocycles. The van der Waals surface area contributed by atoms with Gasteiger partial charge in [0, 0.05) is 32.7 Å². The molecule has 0 saturated carbocycles. The number of hydrogen-bond acceptors (Lipinski definition) is 5. The van der Waals surface area contributed by atoms with Gasteiger partial charge in [-0.2, -0.15) is 0 Å². The maximum atomic E-state index is 13.8. The van der Waals surface area contributed by atoms with Gasteiger partial charge in [-0.25, -0.2) is 4.39 Å². The van der Waals surface area contributed by atoms with Crippen molar-refractivity contribution in [1.82, 2.24) is 9.80 Å². The molecule has 0 spiro atoms. The molecule has 156 valence electrons. The number of nitrogens with zero attached hydrogens (tertiary/aromatic N) is 2.